The largest absolute Gasteiger partial charge is 0.376 e. The molecule has 1 saturated heterocycles. The monoisotopic (exact) mass is 395 g/mol. The fraction of sp³-hybridized carbons (Fsp3) is 0.462. The molecule has 1 N–H and O–H groups in total. The number of carbonyl (C=O) groups is 1. The zero-order chi connectivity index (χ0) is 15.6. The second kappa shape index (κ2) is 6.64. The van der Waals surface area contributed by atoms with Crippen molar-refractivity contribution >= 4 is 41.6 Å². The summed E-state index contributed by atoms with van der Waals surface area (Å²) in [6.45, 7) is 2.57. The molecule has 1 heterocycles. The second-order valence-electron chi connectivity index (χ2n) is 4.93. The van der Waals surface area contributed by atoms with Crippen molar-refractivity contribution < 1.29 is 17.9 Å². The molecule has 1 amide bonds. The number of rotatable bonds is 4. The molecule has 1 fully saturated rings. The Labute approximate surface area is 136 Å². The molecule has 0 radical (unpaired) electrons. The number of halogens is 2. The van der Waals surface area contributed by atoms with Gasteiger partial charge in [0.05, 0.1) is 17.0 Å². The van der Waals surface area contributed by atoms with Crippen molar-refractivity contribution in [3.63, 3.8) is 0 Å². The summed E-state index contributed by atoms with van der Waals surface area (Å²) in [6, 6.07) is 4.01. The van der Waals surface area contributed by atoms with Crippen molar-refractivity contribution in [2.45, 2.75) is 36.8 Å². The van der Waals surface area contributed by atoms with Gasteiger partial charge in [0.2, 0.25) is 0 Å². The highest BCUT2D eigenvalue weighted by Gasteiger charge is 2.24. The van der Waals surface area contributed by atoms with Crippen LogP contribution in [0.15, 0.2) is 27.6 Å². The Balaban J connectivity index is 2.17. The molecule has 2 unspecified atom stereocenters. The molecule has 0 spiro atoms. The molecule has 0 bridgehead atoms. The smallest absolute Gasteiger partial charge is 0.261 e. The molecular formula is C13H15BrClNO4S. The second-order valence-corrected chi connectivity index (χ2v) is 8.41. The lowest BCUT2D eigenvalue weighted by molar-refractivity contribution is 0.0712. The number of nitrogens with one attached hydrogen (secondary N) is 1. The summed E-state index contributed by atoms with van der Waals surface area (Å²) in [5, 5.41) is 2.82. The molecule has 0 saturated carbocycles. The van der Waals surface area contributed by atoms with Crippen molar-refractivity contribution in [3.05, 3.63) is 28.2 Å². The highest BCUT2D eigenvalue weighted by molar-refractivity contribution is 9.10. The van der Waals surface area contributed by atoms with E-state index in [1.165, 1.54) is 12.1 Å². The maximum absolute atomic E-state index is 12.2. The van der Waals surface area contributed by atoms with Gasteiger partial charge in [0, 0.05) is 27.3 Å². The SMILES string of the molecule is CC(NC(=O)c1cc(Br)cc(S(=O)(=O)Cl)c1)C1CCCO1. The number of carbonyl (C=O) groups excluding carboxylic acids is 1. The third kappa shape index (κ3) is 4.42. The normalized spacial score (nSPS) is 20.2. The van der Waals surface area contributed by atoms with Crippen LogP contribution in [0.4, 0.5) is 0 Å². The van der Waals surface area contributed by atoms with Gasteiger partial charge >= 0.3 is 0 Å². The standard InChI is InChI=1S/C13H15BrClNO4S/c1-8(12-3-2-4-20-12)16-13(17)9-5-10(14)7-11(6-9)21(15,18)19/h5-8,12H,2-4H2,1H3,(H,16,17). The van der Waals surface area contributed by atoms with Crippen LogP contribution in [0.1, 0.15) is 30.1 Å². The molecule has 0 aliphatic carbocycles. The van der Waals surface area contributed by atoms with Crippen LogP contribution in [-0.2, 0) is 13.8 Å². The lowest BCUT2D eigenvalue weighted by atomic mass is 10.1. The molecule has 21 heavy (non-hydrogen) atoms. The number of amides is 1. The summed E-state index contributed by atoms with van der Waals surface area (Å²) in [7, 11) is 1.43. The first-order valence-corrected chi connectivity index (χ1v) is 9.55. The molecule has 2 atom stereocenters. The Morgan fingerprint density at radius 3 is 2.76 bits per heavy atom. The van der Waals surface area contributed by atoms with Gasteiger partial charge in [-0.1, -0.05) is 15.9 Å². The van der Waals surface area contributed by atoms with Gasteiger partial charge in [0.1, 0.15) is 0 Å². The fourth-order valence-corrected chi connectivity index (χ4v) is 3.66. The van der Waals surface area contributed by atoms with E-state index in [1.54, 1.807) is 6.07 Å². The molecule has 1 aromatic carbocycles. The van der Waals surface area contributed by atoms with Crippen LogP contribution in [0.3, 0.4) is 0 Å². The minimum Gasteiger partial charge on any atom is -0.376 e. The first kappa shape index (κ1) is 16.7. The van der Waals surface area contributed by atoms with Crippen molar-refractivity contribution in [1.29, 1.82) is 0 Å². The van der Waals surface area contributed by atoms with Crippen LogP contribution < -0.4 is 5.32 Å². The number of benzene rings is 1. The van der Waals surface area contributed by atoms with Gasteiger partial charge in [-0.05, 0) is 38.0 Å². The fourth-order valence-electron chi connectivity index (χ4n) is 2.21. The Morgan fingerprint density at radius 2 is 2.19 bits per heavy atom. The van der Waals surface area contributed by atoms with Gasteiger partial charge in [-0.2, -0.15) is 0 Å². The first-order valence-electron chi connectivity index (χ1n) is 6.45. The molecule has 1 aliphatic heterocycles. The topological polar surface area (TPSA) is 72.5 Å². The van der Waals surface area contributed by atoms with E-state index < -0.39 is 9.05 Å². The van der Waals surface area contributed by atoms with E-state index in [4.69, 9.17) is 15.4 Å². The summed E-state index contributed by atoms with van der Waals surface area (Å²) >= 11 is 3.18. The number of hydrogen-bond acceptors (Lipinski definition) is 4. The van der Waals surface area contributed by atoms with E-state index >= 15 is 0 Å². The van der Waals surface area contributed by atoms with Crippen molar-refractivity contribution in [2.24, 2.45) is 0 Å². The summed E-state index contributed by atoms with van der Waals surface area (Å²) in [5.41, 5.74) is 0.230. The van der Waals surface area contributed by atoms with Gasteiger partial charge in [-0.3, -0.25) is 4.79 Å². The lowest BCUT2D eigenvalue weighted by Crippen LogP contribution is -2.40. The van der Waals surface area contributed by atoms with Crippen molar-refractivity contribution in [2.75, 3.05) is 6.61 Å². The molecule has 1 aliphatic rings. The minimum absolute atomic E-state index is 0.00247. The summed E-state index contributed by atoms with van der Waals surface area (Å²) in [5.74, 6) is -0.360. The lowest BCUT2D eigenvalue weighted by Gasteiger charge is -2.20. The van der Waals surface area contributed by atoms with E-state index in [9.17, 15) is 13.2 Å². The summed E-state index contributed by atoms with van der Waals surface area (Å²) < 4.78 is 28.8. The molecule has 2 rings (SSSR count). The minimum atomic E-state index is -3.89. The maximum atomic E-state index is 12.2. The van der Waals surface area contributed by atoms with Gasteiger partial charge in [0.25, 0.3) is 15.0 Å². The number of ether oxygens (including phenoxy) is 1. The van der Waals surface area contributed by atoms with Crippen LogP contribution in [0.5, 0.6) is 0 Å². The van der Waals surface area contributed by atoms with Crippen molar-refractivity contribution in [1.82, 2.24) is 5.32 Å². The van der Waals surface area contributed by atoms with E-state index in [-0.39, 0.29) is 28.5 Å². The zero-order valence-corrected chi connectivity index (χ0v) is 14.5. The third-order valence-corrected chi connectivity index (χ3v) is 5.09. The van der Waals surface area contributed by atoms with Crippen LogP contribution in [-0.4, -0.2) is 33.1 Å². The average Bonchev–Trinajstić information content (AvgIpc) is 2.90. The highest BCUT2D eigenvalue weighted by Crippen LogP contribution is 2.23. The quantitative estimate of drug-likeness (QED) is 0.794. The van der Waals surface area contributed by atoms with Crippen LogP contribution >= 0.6 is 26.6 Å². The van der Waals surface area contributed by atoms with Crippen LogP contribution in [0.2, 0.25) is 0 Å². The molecule has 1 aromatic rings. The maximum Gasteiger partial charge on any atom is 0.261 e. The summed E-state index contributed by atoms with van der Waals surface area (Å²) in [6.07, 6.45) is 1.88. The van der Waals surface area contributed by atoms with E-state index in [0.29, 0.717) is 11.1 Å². The number of hydrogen-bond donors (Lipinski definition) is 1. The van der Waals surface area contributed by atoms with Crippen LogP contribution in [0.25, 0.3) is 0 Å². The predicted molar refractivity (Wildman–Crippen MR) is 83.1 cm³/mol. The van der Waals surface area contributed by atoms with E-state index in [1.807, 2.05) is 6.92 Å². The van der Waals surface area contributed by atoms with Gasteiger partial charge in [-0.15, -0.1) is 0 Å². The first-order chi connectivity index (χ1) is 9.77. The molecule has 0 aromatic heterocycles. The molecular weight excluding hydrogens is 382 g/mol. The van der Waals surface area contributed by atoms with Gasteiger partial charge < -0.3 is 10.1 Å². The Kier molecular flexibility index (Phi) is 5.29. The van der Waals surface area contributed by atoms with Crippen molar-refractivity contribution in [3.8, 4) is 0 Å². The van der Waals surface area contributed by atoms with Gasteiger partial charge in [-0.25, -0.2) is 8.42 Å². The predicted octanol–water partition coefficient (Wildman–Crippen LogP) is 2.67. The van der Waals surface area contributed by atoms with Gasteiger partial charge in [0.15, 0.2) is 0 Å². The Morgan fingerprint density at radius 1 is 1.48 bits per heavy atom. The molecule has 116 valence electrons. The molecule has 8 heteroatoms. The summed E-state index contributed by atoms with van der Waals surface area (Å²) in [4.78, 5) is 12.1. The third-order valence-electron chi connectivity index (χ3n) is 3.30. The Hall–Kier alpha value is -0.630. The molecule has 5 nitrogen and oxygen atoms in total. The van der Waals surface area contributed by atoms with E-state index in [2.05, 4.69) is 21.2 Å². The Bertz CT molecular complexity index is 644. The zero-order valence-electron chi connectivity index (χ0n) is 11.3. The van der Waals surface area contributed by atoms with E-state index in [0.717, 1.165) is 12.8 Å². The van der Waals surface area contributed by atoms with Crippen LogP contribution in [0, 0.1) is 0 Å². The average molecular weight is 397 g/mol. The highest BCUT2D eigenvalue weighted by atomic mass is 79.9.